The van der Waals surface area contributed by atoms with Gasteiger partial charge in [-0.2, -0.15) is 11.8 Å². The van der Waals surface area contributed by atoms with Crippen molar-refractivity contribution in [2.75, 3.05) is 29.5 Å². The summed E-state index contributed by atoms with van der Waals surface area (Å²) in [6.45, 7) is 1.00. The molecule has 8 heteroatoms. The molecular formula is C13H14F2N4OS. The lowest BCUT2D eigenvalue weighted by Gasteiger charge is -2.29. The van der Waals surface area contributed by atoms with E-state index in [9.17, 15) is 8.78 Å². The molecule has 1 saturated heterocycles. The fourth-order valence-corrected chi connectivity index (χ4v) is 3.17. The molecule has 0 unspecified atom stereocenters. The van der Waals surface area contributed by atoms with Crippen molar-refractivity contribution in [1.29, 1.82) is 0 Å². The van der Waals surface area contributed by atoms with Gasteiger partial charge >= 0.3 is 0 Å². The van der Waals surface area contributed by atoms with Crippen molar-refractivity contribution >= 4 is 17.4 Å². The first kappa shape index (κ1) is 14.3. The van der Waals surface area contributed by atoms with Crippen LogP contribution in [0.5, 0.6) is 0 Å². The van der Waals surface area contributed by atoms with Crippen LogP contribution in [-0.4, -0.2) is 44.7 Å². The van der Waals surface area contributed by atoms with Gasteiger partial charge in [-0.1, -0.05) is 5.21 Å². The summed E-state index contributed by atoms with van der Waals surface area (Å²) in [6.07, 6.45) is 1.44. The zero-order valence-electron chi connectivity index (χ0n) is 11.2. The van der Waals surface area contributed by atoms with E-state index in [1.165, 1.54) is 23.0 Å². The number of halogens is 2. The van der Waals surface area contributed by atoms with Gasteiger partial charge in [-0.15, -0.1) is 5.10 Å². The maximum absolute atomic E-state index is 14.3. The van der Waals surface area contributed by atoms with Crippen LogP contribution in [0.4, 0.5) is 14.5 Å². The molecular weight excluding hydrogens is 298 g/mol. The number of anilines is 1. The van der Waals surface area contributed by atoms with Gasteiger partial charge in [-0.3, -0.25) is 0 Å². The van der Waals surface area contributed by atoms with Crippen molar-refractivity contribution in [2.45, 2.75) is 6.61 Å². The molecule has 2 aromatic rings. The van der Waals surface area contributed by atoms with E-state index in [0.717, 1.165) is 11.5 Å². The summed E-state index contributed by atoms with van der Waals surface area (Å²) in [5, 5.41) is 16.4. The van der Waals surface area contributed by atoms with E-state index in [1.54, 1.807) is 16.7 Å². The maximum atomic E-state index is 14.3. The number of aliphatic hydroxyl groups is 1. The molecule has 1 aromatic heterocycles. The fraction of sp³-hybridized carbons (Fsp3) is 0.385. The Hall–Kier alpha value is -1.67. The van der Waals surface area contributed by atoms with Crippen LogP contribution in [0, 0.1) is 11.6 Å². The molecule has 0 amide bonds. The molecule has 0 aliphatic carbocycles. The Morgan fingerprint density at radius 2 is 1.86 bits per heavy atom. The number of nitrogens with zero attached hydrogens (tertiary/aromatic N) is 4. The highest BCUT2D eigenvalue weighted by molar-refractivity contribution is 7.99. The predicted molar refractivity (Wildman–Crippen MR) is 76.7 cm³/mol. The second-order valence-electron chi connectivity index (χ2n) is 4.67. The molecule has 0 atom stereocenters. The van der Waals surface area contributed by atoms with Crippen molar-refractivity contribution in [3.8, 4) is 5.69 Å². The van der Waals surface area contributed by atoms with Gasteiger partial charge in [0.1, 0.15) is 11.4 Å². The van der Waals surface area contributed by atoms with Gasteiger partial charge < -0.3 is 10.0 Å². The molecule has 0 saturated carbocycles. The largest absolute Gasteiger partial charge is 0.390 e. The number of thioether (sulfide) groups is 1. The first-order chi connectivity index (χ1) is 10.2. The van der Waals surface area contributed by atoms with Crippen LogP contribution in [0.2, 0.25) is 0 Å². The molecule has 0 spiro atoms. The SMILES string of the molecule is OCc1cn(-c2cc(F)c(N3CCSCC3)c(F)c2)nn1. The Morgan fingerprint density at radius 1 is 1.19 bits per heavy atom. The normalized spacial score (nSPS) is 15.5. The van der Waals surface area contributed by atoms with Crippen molar-refractivity contribution in [3.63, 3.8) is 0 Å². The second-order valence-corrected chi connectivity index (χ2v) is 5.89. The molecule has 0 radical (unpaired) electrons. The van der Waals surface area contributed by atoms with Gasteiger partial charge in [0.2, 0.25) is 0 Å². The van der Waals surface area contributed by atoms with Crippen LogP contribution < -0.4 is 4.90 Å². The zero-order chi connectivity index (χ0) is 14.8. The average molecular weight is 312 g/mol. The number of hydrogen-bond acceptors (Lipinski definition) is 5. The minimum atomic E-state index is -0.613. The number of benzene rings is 1. The average Bonchev–Trinajstić information content (AvgIpc) is 2.96. The zero-order valence-corrected chi connectivity index (χ0v) is 12.0. The monoisotopic (exact) mass is 312 g/mol. The lowest BCUT2D eigenvalue weighted by molar-refractivity contribution is 0.276. The van der Waals surface area contributed by atoms with E-state index in [-0.39, 0.29) is 18.0 Å². The summed E-state index contributed by atoms with van der Waals surface area (Å²) in [5.41, 5.74) is 0.599. The molecule has 1 aromatic carbocycles. The molecule has 1 N–H and O–H groups in total. The Kier molecular flexibility index (Phi) is 4.07. The molecule has 112 valence electrons. The fourth-order valence-electron chi connectivity index (χ4n) is 2.27. The molecule has 0 bridgehead atoms. The summed E-state index contributed by atoms with van der Waals surface area (Å²) in [7, 11) is 0. The number of aromatic nitrogens is 3. The molecule has 2 heterocycles. The molecule has 1 fully saturated rings. The van der Waals surface area contributed by atoms with Crippen LogP contribution in [0.1, 0.15) is 5.69 Å². The smallest absolute Gasteiger partial charge is 0.151 e. The molecule has 1 aliphatic rings. The number of rotatable bonds is 3. The van der Waals surface area contributed by atoms with Crippen LogP contribution >= 0.6 is 11.8 Å². The Balaban J connectivity index is 1.95. The first-order valence-corrected chi connectivity index (χ1v) is 7.68. The summed E-state index contributed by atoms with van der Waals surface area (Å²) < 4.78 is 29.8. The maximum Gasteiger partial charge on any atom is 0.151 e. The topological polar surface area (TPSA) is 54.2 Å². The van der Waals surface area contributed by atoms with Gasteiger partial charge in [0.15, 0.2) is 11.6 Å². The molecule has 5 nitrogen and oxygen atoms in total. The quantitative estimate of drug-likeness (QED) is 0.933. The first-order valence-electron chi connectivity index (χ1n) is 6.53. The summed E-state index contributed by atoms with van der Waals surface area (Å²) in [6, 6.07) is 2.46. The van der Waals surface area contributed by atoms with Crippen molar-refractivity contribution in [2.24, 2.45) is 0 Å². The standard InChI is InChI=1S/C13H14F2N4OS/c14-11-5-10(19-7-9(8-20)16-17-19)6-12(15)13(11)18-1-3-21-4-2-18/h5-7,20H,1-4,8H2. The highest BCUT2D eigenvalue weighted by atomic mass is 32.2. The lowest BCUT2D eigenvalue weighted by atomic mass is 10.2. The molecule has 3 rings (SSSR count). The van der Waals surface area contributed by atoms with Crippen LogP contribution in [-0.2, 0) is 6.61 Å². The predicted octanol–water partition coefficient (Wildman–Crippen LogP) is 1.59. The summed E-state index contributed by atoms with van der Waals surface area (Å²) in [5.74, 6) is 0.503. The Bertz CT molecular complexity index is 620. The minimum Gasteiger partial charge on any atom is -0.390 e. The molecule has 21 heavy (non-hydrogen) atoms. The van der Waals surface area contributed by atoms with E-state index >= 15 is 0 Å². The highest BCUT2D eigenvalue weighted by Gasteiger charge is 2.20. The second kappa shape index (κ2) is 5.98. The van der Waals surface area contributed by atoms with Gasteiger partial charge in [0.05, 0.1) is 18.5 Å². The van der Waals surface area contributed by atoms with Crippen LogP contribution in [0.3, 0.4) is 0 Å². The van der Waals surface area contributed by atoms with E-state index in [0.29, 0.717) is 18.8 Å². The van der Waals surface area contributed by atoms with Crippen molar-refractivity contribution < 1.29 is 13.9 Å². The lowest BCUT2D eigenvalue weighted by Crippen LogP contribution is -2.33. The van der Waals surface area contributed by atoms with E-state index in [1.807, 2.05) is 0 Å². The molecule has 1 aliphatic heterocycles. The summed E-state index contributed by atoms with van der Waals surface area (Å²) >= 11 is 1.78. The minimum absolute atomic E-state index is 0.0153. The summed E-state index contributed by atoms with van der Waals surface area (Å²) in [4.78, 5) is 1.73. The van der Waals surface area contributed by atoms with Crippen molar-refractivity contribution in [1.82, 2.24) is 15.0 Å². The van der Waals surface area contributed by atoms with Gasteiger partial charge in [0, 0.05) is 36.7 Å². The van der Waals surface area contributed by atoms with E-state index in [2.05, 4.69) is 10.3 Å². The third kappa shape index (κ3) is 2.86. The number of hydrogen-bond donors (Lipinski definition) is 1. The number of aliphatic hydroxyl groups excluding tert-OH is 1. The van der Waals surface area contributed by atoms with E-state index < -0.39 is 11.6 Å². The Labute approximate surface area is 124 Å². The van der Waals surface area contributed by atoms with Crippen LogP contribution in [0.15, 0.2) is 18.3 Å². The third-order valence-electron chi connectivity index (χ3n) is 3.30. The van der Waals surface area contributed by atoms with Crippen molar-refractivity contribution in [3.05, 3.63) is 35.7 Å². The van der Waals surface area contributed by atoms with Gasteiger partial charge in [-0.05, 0) is 0 Å². The Morgan fingerprint density at radius 3 is 2.43 bits per heavy atom. The van der Waals surface area contributed by atoms with Gasteiger partial charge in [0.25, 0.3) is 0 Å². The highest BCUT2D eigenvalue weighted by Crippen LogP contribution is 2.28. The van der Waals surface area contributed by atoms with Gasteiger partial charge in [-0.25, -0.2) is 13.5 Å². The van der Waals surface area contributed by atoms with Crippen LogP contribution in [0.25, 0.3) is 5.69 Å². The van der Waals surface area contributed by atoms with E-state index in [4.69, 9.17) is 5.11 Å². The third-order valence-corrected chi connectivity index (χ3v) is 4.24.